The summed E-state index contributed by atoms with van der Waals surface area (Å²) in [6.07, 6.45) is 1.45. The minimum Gasteiger partial charge on any atom is -0.465 e. The predicted molar refractivity (Wildman–Crippen MR) is 51.2 cm³/mol. The van der Waals surface area contributed by atoms with E-state index in [0.29, 0.717) is 5.92 Å². The molecule has 0 spiro atoms. The second kappa shape index (κ2) is 4.13. The van der Waals surface area contributed by atoms with Gasteiger partial charge in [-0.25, -0.2) is 4.79 Å². The summed E-state index contributed by atoms with van der Waals surface area (Å²) in [4.78, 5) is 12.1. The van der Waals surface area contributed by atoms with Gasteiger partial charge in [0.2, 0.25) is 0 Å². The highest BCUT2D eigenvalue weighted by atomic mass is 127. The SMILES string of the molecule is O=C(O)N1CCC[C@H](CI)C1. The monoisotopic (exact) mass is 269 g/mol. The molecule has 0 radical (unpaired) electrons. The molecule has 0 aromatic heterocycles. The number of rotatable bonds is 1. The highest BCUT2D eigenvalue weighted by molar-refractivity contribution is 14.1. The van der Waals surface area contributed by atoms with Crippen LogP contribution in [0.1, 0.15) is 12.8 Å². The number of piperidine rings is 1. The van der Waals surface area contributed by atoms with E-state index in [-0.39, 0.29) is 0 Å². The minimum atomic E-state index is -0.764. The van der Waals surface area contributed by atoms with Gasteiger partial charge in [-0.1, -0.05) is 22.6 Å². The Balaban J connectivity index is 2.39. The van der Waals surface area contributed by atoms with Crippen LogP contribution in [0.2, 0.25) is 0 Å². The average Bonchev–Trinajstić information content (AvgIpc) is 2.05. The van der Waals surface area contributed by atoms with Gasteiger partial charge >= 0.3 is 6.09 Å². The van der Waals surface area contributed by atoms with Crippen molar-refractivity contribution in [2.75, 3.05) is 17.5 Å². The third-order valence-electron chi connectivity index (χ3n) is 2.01. The highest BCUT2D eigenvalue weighted by Crippen LogP contribution is 2.18. The number of nitrogens with zero attached hydrogens (tertiary/aromatic N) is 1. The molecule has 11 heavy (non-hydrogen) atoms. The molecule has 1 aliphatic rings. The summed E-state index contributed by atoms with van der Waals surface area (Å²) < 4.78 is 1.07. The number of carboxylic acid groups (broad SMARTS) is 1. The van der Waals surface area contributed by atoms with E-state index < -0.39 is 6.09 Å². The molecule has 1 heterocycles. The maximum atomic E-state index is 10.5. The van der Waals surface area contributed by atoms with E-state index in [9.17, 15) is 4.79 Å². The molecule has 1 aliphatic heterocycles. The van der Waals surface area contributed by atoms with Crippen molar-refractivity contribution in [2.24, 2.45) is 5.92 Å². The Morgan fingerprint density at radius 3 is 3.00 bits per heavy atom. The van der Waals surface area contributed by atoms with E-state index >= 15 is 0 Å². The van der Waals surface area contributed by atoms with Crippen LogP contribution in [0.25, 0.3) is 0 Å². The smallest absolute Gasteiger partial charge is 0.407 e. The quantitative estimate of drug-likeness (QED) is 0.582. The number of likely N-dealkylation sites (tertiary alicyclic amines) is 1. The van der Waals surface area contributed by atoms with Crippen LogP contribution in [0, 0.1) is 5.92 Å². The van der Waals surface area contributed by atoms with Crippen molar-refractivity contribution in [1.82, 2.24) is 4.90 Å². The van der Waals surface area contributed by atoms with Crippen molar-refractivity contribution >= 4 is 28.7 Å². The lowest BCUT2D eigenvalue weighted by Gasteiger charge is -2.29. The van der Waals surface area contributed by atoms with Crippen LogP contribution in [-0.2, 0) is 0 Å². The van der Waals surface area contributed by atoms with Crippen molar-refractivity contribution in [1.29, 1.82) is 0 Å². The fraction of sp³-hybridized carbons (Fsp3) is 0.857. The lowest BCUT2D eigenvalue weighted by molar-refractivity contribution is 0.124. The van der Waals surface area contributed by atoms with Gasteiger partial charge in [-0.3, -0.25) is 0 Å². The third kappa shape index (κ3) is 2.50. The molecular formula is C7H12INO2. The standard InChI is InChI=1S/C7H12INO2/c8-4-6-2-1-3-9(5-6)7(10)11/h6H,1-5H2,(H,10,11)/t6-/m1/s1. The topological polar surface area (TPSA) is 40.5 Å². The van der Waals surface area contributed by atoms with Crippen molar-refractivity contribution in [3.05, 3.63) is 0 Å². The number of hydrogen-bond acceptors (Lipinski definition) is 1. The molecular weight excluding hydrogens is 257 g/mol. The van der Waals surface area contributed by atoms with Crippen LogP contribution in [0.5, 0.6) is 0 Å². The van der Waals surface area contributed by atoms with Gasteiger partial charge in [-0.15, -0.1) is 0 Å². The third-order valence-corrected chi connectivity index (χ3v) is 3.25. The summed E-state index contributed by atoms with van der Waals surface area (Å²) in [6, 6.07) is 0. The Bertz CT molecular complexity index is 151. The molecule has 1 atom stereocenters. The largest absolute Gasteiger partial charge is 0.465 e. The Morgan fingerprint density at radius 2 is 2.45 bits per heavy atom. The first kappa shape index (κ1) is 9.09. The highest BCUT2D eigenvalue weighted by Gasteiger charge is 2.21. The van der Waals surface area contributed by atoms with Crippen molar-refractivity contribution in [3.63, 3.8) is 0 Å². The first-order valence-electron chi connectivity index (χ1n) is 3.78. The molecule has 0 aromatic carbocycles. The zero-order chi connectivity index (χ0) is 8.27. The molecule has 1 fully saturated rings. The maximum Gasteiger partial charge on any atom is 0.407 e. The van der Waals surface area contributed by atoms with Gasteiger partial charge in [0.05, 0.1) is 0 Å². The second-order valence-electron chi connectivity index (χ2n) is 2.89. The molecule has 1 rings (SSSR count). The molecule has 0 aromatic rings. The van der Waals surface area contributed by atoms with Gasteiger partial charge < -0.3 is 10.0 Å². The van der Waals surface area contributed by atoms with Crippen molar-refractivity contribution in [2.45, 2.75) is 12.8 Å². The van der Waals surface area contributed by atoms with Gasteiger partial charge in [-0.05, 0) is 18.8 Å². The number of hydrogen-bond donors (Lipinski definition) is 1. The van der Waals surface area contributed by atoms with E-state index in [1.165, 1.54) is 11.3 Å². The van der Waals surface area contributed by atoms with Crippen LogP contribution in [-0.4, -0.2) is 33.6 Å². The average molecular weight is 269 g/mol. The van der Waals surface area contributed by atoms with Gasteiger partial charge in [0.25, 0.3) is 0 Å². The van der Waals surface area contributed by atoms with Crippen molar-refractivity contribution < 1.29 is 9.90 Å². The molecule has 0 unspecified atom stereocenters. The molecule has 1 saturated heterocycles. The van der Waals surface area contributed by atoms with Gasteiger partial charge in [-0.2, -0.15) is 0 Å². The summed E-state index contributed by atoms with van der Waals surface area (Å²) in [5.41, 5.74) is 0. The van der Waals surface area contributed by atoms with Gasteiger partial charge in [0.1, 0.15) is 0 Å². The summed E-state index contributed by atoms with van der Waals surface area (Å²) in [6.45, 7) is 1.46. The van der Waals surface area contributed by atoms with E-state index in [2.05, 4.69) is 22.6 Å². The van der Waals surface area contributed by atoms with Crippen LogP contribution in [0.15, 0.2) is 0 Å². The molecule has 1 amide bonds. The molecule has 0 bridgehead atoms. The van der Waals surface area contributed by atoms with E-state index in [1.54, 1.807) is 0 Å². The molecule has 64 valence electrons. The van der Waals surface area contributed by atoms with Crippen LogP contribution < -0.4 is 0 Å². The van der Waals surface area contributed by atoms with E-state index in [0.717, 1.165) is 23.9 Å². The van der Waals surface area contributed by atoms with Crippen LogP contribution in [0.3, 0.4) is 0 Å². The number of carbonyl (C=O) groups is 1. The Kier molecular flexibility index (Phi) is 3.42. The predicted octanol–water partition coefficient (Wildman–Crippen LogP) is 1.81. The van der Waals surface area contributed by atoms with Gasteiger partial charge in [0, 0.05) is 17.5 Å². The molecule has 3 nitrogen and oxygen atoms in total. The van der Waals surface area contributed by atoms with Gasteiger partial charge in [0.15, 0.2) is 0 Å². The normalized spacial score (nSPS) is 25.2. The molecule has 1 N–H and O–H groups in total. The number of halogens is 1. The number of alkyl halides is 1. The lowest BCUT2D eigenvalue weighted by Crippen LogP contribution is -2.39. The van der Waals surface area contributed by atoms with Crippen LogP contribution in [0.4, 0.5) is 4.79 Å². The second-order valence-corrected chi connectivity index (χ2v) is 3.77. The summed E-state index contributed by atoms with van der Waals surface area (Å²) in [5, 5.41) is 8.68. The number of amides is 1. The fourth-order valence-electron chi connectivity index (χ4n) is 1.36. The Hall–Kier alpha value is 0. The minimum absolute atomic E-state index is 0.584. The lowest BCUT2D eigenvalue weighted by atomic mass is 10.0. The summed E-state index contributed by atoms with van der Waals surface area (Å²) in [7, 11) is 0. The zero-order valence-corrected chi connectivity index (χ0v) is 8.45. The van der Waals surface area contributed by atoms with Crippen LogP contribution >= 0.6 is 22.6 Å². The van der Waals surface area contributed by atoms with E-state index in [4.69, 9.17) is 5.11 Å². The molecule has 4 heteroatoms. The Labute approximate surface area is 79.9 Å². The first-order valence-corrected chi connectivity index (χ1v) is 5.30. The fourth-order valence-corrected chi connectivity index (χ4v) is 2.08. The maximum absolute atomic E-state index is 10.5. The summed E-state index contributed by atoms with van der Waals surface area (Å²) in [5.74, 6) is 0.584. The van der Waals surface area contributed by atoms with Crippen molar-refractivity contribution in [3.8, 4) is 0 Å². The summed E-state index contributed by atoms with van der Waals surface area (Å²) >= 11 is 2.32. The first-order chi connectivity index (χ1) is 5.24. The van der Waals surface area contributed by atoms with E-state index in [1.807, 2.05) is 0 Å². The molecule has 0 saturated carbocycles. The molecule has 0 aliphatic carbocycles. The Morgan fingerprint density at radius 1 is 1.73 bits per heavy atom. The zero-order valence-electron chi connectivity index (χ0n) is 6.29.